The molecule has 0 aromatic heterocycles. The minimum atomic E-state index is -0.509. The van der Waals surface area contributed by atoms with Crippen molar-refractivity contribution in [3.05, 3.63) is 70.6 Å². The highest BCUT2D eigenvalue weighted by Gasteiger charge is 2.36. The Morgan fingerprint density at radius 2 is 1.91 bits per heavy atom. The SMILES string of the molecule is C=CCc1cc(/C=C2/SC(=O)N(CC(=O)Nc3ccc(CC)cc3)C2=O)cc(OCC)c1OC. The van der Waals surface area contributed by atoms with Crippen molar-refractivity contribution in [2.24, 2.45) is 0 Å². The van der Waals surface area contributed by atoms with E-state index in [1.165, 1.54) is 0 Å². The fraction of sp³-hybridized carbons (Fsp3) is 0.269. The minimum Gasteiger partial charge on any atom is -0.493 e. The van der Waals surface area contributed by atoms with Crippen molar-refractivity contribution in [1.29, 1.82) is 0 Å². The zero-order valence-corrected chi connectivity index (χ0v) is 20.4. The number of hydrogen-bond donors (Lipinski definition) is 1. The number of ether oxygens (including phenoxy) is 2. The number of rotatable bonds is 10. The van der Waals surface area contributed by atoms with Crippen LogP contribution in [0.15, 0.2) is 54.0 Å². The first-order valence-corrected chi connectivity index (χ1v) is 11.8. The van der Waals surface area contributed by atoms with E-state index in [-0.39, 0.29) is 11.4 Å². The Morgan fingerprint density at radius 3 is 2.53 bits per heavy atom. The van der Waals surface area contributed by atoms with Crippen molar-refractivity contribution in [2.45, 2.75) is 26.7 Å². The van der Waals surface area contributed by atoms with E-state index < -0.39 is 17.1 Å². The summed E-state index contributed by atoms with van der Waals surface area (Å²) in [6.45, 7) is 7.78. The number of allylic oxidation sites excluding steroid dienone is 1. The quantitative estimate of drug-likeness (QED) is 0.378. The summed E-state index contributed by atoms with van der Waals surface area (Å²) in [6.07, 6.45) is 4.82. The predicted molar refractivity (Wildman–Crippen MR) is 135 cm³/mol. The molecule has 178 valence electrons. The lowest BCUT2D eigenvalue weighted by Gasteiger charge is -2.14. The van der Waals surface area contributed by atoms with Crippen molar-refractivity contribution in [2.75, 3.05) is 25.6 Å². The van der Waals surface area contributed by atoms with Gasteiger partial charge in [-0.1, -0.05) is 25.1 Å². The predicted octanol–water partition coefficient (Wildman–Crippen LogP) is 5.06. The summed E-state index contributed by atoms with van der Waals surface area (Å²) in [6, 6.07) is 11.1. The molecular weight excluding hydrogens is 452 g/mol. The molecule has 34 heavy (non-hydrogen) atoms. The van der Waals surface area contributed by atoms with Crippen molar-refractivity contribution in [3.63, 3.8) is 0 Å². The van der Waals surface area contributed by atoms with Gasteiger partial charge in [-0.3, -0.25) is 19.3 Å². The molecule has 3 amide bonds. The second kappa shape index (κ2) is 11.6. The maximum Gasteiger partial charge on any atom is 0.294 e. The summed E-state index contributed by atoms with van der Waals surface area (Å²) in [5.74, 6) is 0.202. The summed E-state index contributed by atoms with van der Waals surface area (Å²) in [5.41, 5.74) is 3.30. The first-order valence-electron chi connectivity index (χ1n) is 11.0. The zero-order valence-electron chi connectivity index (χ0n) is 19.6. The van der Waals surface area contributed by atoms with Crippen LogP contribution in [0.2, 0.25) is 0 Å². The molecule has 0 bridgehead atoms. The number of benzene rings is 2. The number of nitrogens with zero attached hydrogens (tertiary/aromatic N) is 1. The van der Waals surface area contributed by atoms with E-state index in [2.05, 4.69) is 11.9 Å². The highest BCUT2D eigenvalue weighted by atomic mass is 32.2. The molecule has 1 N–H and O–H groups in total. The highest BCUT2D eigenvalue weighted by Crippen LogP contribution is 2.37. The van der Waals surface area contributed by atoms with Crippen molar-refractivity contribution < 1.29 is 23.9 Å². The normalized spacial score (nSPS) is 14.4. The van der Waals surface area contributed by atoms with Gasteiger partial charge >= 0.3 is 0 Å². The molecule has 1 aliphatic heterocycles. The molecular formula is C26H28N2O5S. The van der Waals surface area contributed by atoms with Gasteiger partial charge in [0.1, 0.15) is 6.54 Å². The molecule has 8 heteroatoms. The van der Waals surface area contributed by atoms with E-state index in [1.807, 2.05) is 32.0 Å². The Balaban J connectivity index is 1.78. The number of carbonyl (C=O) groups is 3. The van der Waals surface area contributed by atoms with E-state index >= 15 is 0 Å². The number of nitrogens with one attached hydrogen (secondary N) is 1. The molecule has 0 atom stereocenters. The molecule has 2 aromatic rings. The van der Waals surface area contributed by atoms with Gasteiger partial charge in [-0.05, 0) is 73.0 Å². The van der Waals surface area contributed by atoms with Crippen LogP contribution >= 0.6 is 11.8 Å². The van der Waals surface area contributed by atoms with Crippen LogP contribution in [0.3, 0.4) is 0 Å². The largest absolute Gasteiger partial charge is 0.493 e. The smallest absolute Gasteiger partial charge is 0.294 e. The summed E-state index contributed by atoms with van der Waals surface area (Å²) < 4.78 is 11.2. The number of imide groups is 1. The zero-order chi connectivity index (χ0) is 24.7. The van der Waals surface area contributed by atoms with Crippen LogP contribution in [0, 0.1) is 0 Å². The van der Waals surface area contributed by atoms with Crippen LogP contribution in [0.5, 0.6) is 11.5 Å². The number of thioether (sulfide) groups is 1. The van der Waals surface area contributed by atoms with Crippen LogP contribution in [-0.4, -0.2) is 42.2 Å². The van der Waals surface area contributed by atoms with Crippen molar-refractivity contribution in [3.8, 4) is 11.5 Å². The Labute approximate surface area is 203 Å². The van der Waals surface area contributed by atoms with Gasteiger partial charge in [0.25, 0.3) is 11.1 Å². The minimum absolute atomic E-state index is 0.238. The van der Waals surface area contributed by atoms with E-state index in [4.69, 9.17) is 9.47 Å². The maximum absolute atomic E-state index is 12.9. The third-order valence-electron chi connectivity index (χ3n) is 5.14. The van der Waals surface area contributed by atoms with Crippen LogP contribution < -0.4 is 14.8 Å². The molecule has 0 spiro atoms. The number of anilines is 1. The van der Waals surface area contributed by atoms with Gasteiger partial charge in [0.05, 0.1) is 18.6 Å². The van der Waals surface area contributed by atoms with Crippen molar-refractivity contribution in [1.82, 2.24) is 4.90 Å². The molecule has 2 aromatic carbocycles. The average molecular weight is 481 g/mol. The van der Waals surface area contributed by atoms with Gasteiger partial charge in [-0.2, -0.15) is 0 Å². The monoisotopic (exact) mass is 480 g/mol. The van der Waals surface area contributed by atoms with E-state index in [0.29, 0.717) is 35.8 Å². The van der Waals surface area contributed by atoms with Gasteiger partial charge in [-0.15, -0.1) is 6.58 Å². The van der Waals surface area contributed by atoms with E-state index in [1.54, 1.807) is 37.5 Å². The van der Waals surface area contributed by atoms with Crippen molar-refractivity contribution >= 4 is 40.6 Å². The Bertz CT molecular complexity index is 1120. The summed E-state index contributed by atoms with van der Waals surface area (Å²) >= 11 is 0.805. The summed E-state index contributed by atoms with van der Waals surface area (Å²) in [5, 5.41) is 2.24. The third kappa shape index (κ3) is 5.88. The number of hydrogen-bond acceptors (Lipinski definition) is 6. The van der Waals surface area contributed by atoms with Gasteiger partial charge in [0, 0.05) is 11.3 Å². The van der Waals surface area contributed by atoms with Crippen LogP contribution in [0.1, 0.15) is 30.5 Å². The lowest BCUT2D eigenvalue weighted by molar-refractivity contribution is -0.127. The third-order valence-corrected chi connectivity index (χ3v) is 6.05. The fourth-order valence-corrected chi connectivity index (χ4v) is 4.36. The molecule has 3 rings (SSSR count). The molecule has 1 saturated heterocycles. The Morgan fingerprint density at radius 1 is 1.18 bits per heavy atom. The molecule has 1 aliphatic rings. The lowest BCUT2D eigenvalue weighted by Crippen LogP contribution is -2.36. The lowest BCUT2D eigenvalue weighted by atomic mass is 10.0. The standard InChI is InChI=1S/C26H28N2O5S/c1-5-8-19-13-18(14-21(33-7-3)24(19)32-4)15-22-25(30)28(26(31)34-22)16-23(29)27-20-11-9-17(6-2)10-12-20/h5,9-15H,1,6-8,16H2,2-4H3,(H,27,29)/b22-15+. The summed E-state index contributed by atoms with van der Waals surface area (Å²) in [4.78, 5) is 39.0. The first-order chi connectivity index (χ1) is 16.4. The maximum atomic E-state index is 12.9. The van der Waals surface area contributed by atoms with E-state index in [0.717, 1.165) is 34.2 Å². The molecule has 0 radical (unpaired) electrons. The fourth-order valence-electron chi connectivity index (χ4n) is 3.52. The molecule has 7 nitrogen and oxygen atoms in total. The number of amides is 3. The Kier molecular flexibility index (Phi) is 8.54. The van der Waals surface area contributed by atoms with Gasteiger partial charge < -0.3 is 14.8 Å². The molecule has 0 saturated carbocycles. The second-order valence-corrected chi connectivity index (χ2v) is 8.50. The number of methoxy groups -OCH3 is 1. The number of aryl methyl sites for hydroxylation is 1. The molecule has 0 unspecified atom stereocenters. The van der Waals surface area contributed by atoms with Crippen LogP contribution in [0.4, 0.5) is 10.5 Å². The second-order valence-electron chi connectivity index (χ2n) is 7.50. The topological polar surface area (TPSA) is 84.9 Å². The van der Waals surface area contributed by atoms with Crippen LogP contribution in [-0.2, 0) is 22.4 Å². The Hall–Kier alpha value is -3.52. The van der Waals surface area contributed by atoms with Gasteiger partial charge in [0.15, 0.2) is 11.5 Å². The molecule has 1 fully saturated rings. The average Bonchev–Trinajstić information content (AvgIpc) is 3.07. The molecule has 1 heterocycles. The highest BCUT2D eigenvalue weighted by molar-refractivity contribution is 8.18. The number of carbonyl (C=O) groups excluding carboxylic acids is 3. The summed E-state index contributed by atoms with van der Waals surface area (Å²) in [7, 11) is 1.57. The first kappa shape index (κ1) is 25.1. The molecule has 0 aliphatic carbocycles. The van der Waals surface area contributed by atoms with E-state index in [9.17, 15) is 14.4 Å². The van der Waals surface area contributed by atoms with Crippen LogP contribution in [0.25, 0.3) is 6.08 Å². The van der Waals surface area contributed by atoms with Gasteiger partial charge in [0.2, 0.25) is 5.91 Å². The van der Waals surface area contributed by atoms with Gasteiger partial charge in [-0.25, -0.2) is 0 Å².